The summed E-state index contributed by atoms with van der Waals surface area (Å²) in [6, 6.07) is 9.26. The molecule has 0 bridgehead atoms. The van der Waals surface area contributed by atoms with Crippen LogP contribution in [0.25, 0.3) is 11.4 Å². The third-order valence-electron chi connectivity index (χ3n) is 3.80. The van der Waals surface area contributed by atoms with Crippen molar-refractivity contribution < 1.29 is 4.79 Å². The van der Waals surface area contributed by atoms with Crippen molar-refractivity contribution >= 4 is 5.91 Å². The molecule has 6 nitrogen and oxygen atoms in total. The zero-order chi connectivity index (χ0) is 15.0. The van der Waals surface area contributed by atoms with E-state index in [9.17, 15) is 4.79 Å². The van der Waals surface area contributed by atoms with Gasteiger partial charge in [0.25, 0.3) is 0 Å². The van der Waals surface area contributed by atoms with Gasteiger partial charge in [0, 0.05) is 12.1 Å². The predicted octanol–water partition coefficient (Wildman–Crippen LogP) is 1.20. The second-order valence-corrected chi connectivity index (χ2v) is 5.38. The van der Waals surface area contributed by atoms with E-state index in [4.69, 9.17) is 5.73 Å². The lowest BCUT2D eigenvalue weighted by Crippen LogP contribution is -2.47. The number of benzene rings is 1. The number of rotatable bonds is 2. The van der Waals surface area contributed by atoms with Crippen molar-refractivity contribution in [3.63, 3.8) is 0 Å². The predicted molar refractivity (Wildman–Crippen MR) is 79.2 cm³/mol. The van der Waals surface area contributed by atoms with Gasteiger partial charge in [-0.3, -0.25) is 4.79 Å². The number of hydrogen-bond acceptors (Lipinski definition) is 4. The van der Waals surface area contributed by atoms with E-state index in [1.54, 1.807) is 11.8 Å². The average Bonchev–Trinajstić information content (AvgIpc) is 2.93. The van der Waals surface area contributed by atoms with Gasteiger partial charge in [-0.1, -0.05) is 30.3 Å². The molecule has 2 N–H and O–H groups in total. The summed E-state index contributed by atoms with van der Waals surface area (Å²) in [5.41, 5.74) is 6.69. The van der Waals surface area contributed by atoms with Crippen LogP contribution in [0.2, 0.25) is 0 Å². The normalized spacial score (nSPS) is 19.2. The van der Waals surface area contributed by atoms with Crippen LogP contribution >= 0.6 is 0 Å². The maximum absolute atomic E-state index is 12.1. The highest BCUT2D eigenvalue weighted by Crippen LogP contribution is 2.26. The Morgan fingerprint density at radius 1 is 1.33 bits per heavy atom. The lowest BCUT2D eigenvalue weighted by molar-refractivity contribution is -0.135. The van der Waals surface area contributed by atoms with Gasteiger partial charge in [-0.25, -0.2) is 9.67 Å². The first kappa shape index (κ1) is 13.8. The van der Waals surface area contributed by atoms with E-state index < -0.39 is 6.04 Å². The number of carbonyl (C=O) groups excluding carboxylic acids is 1. The van der Waals surface area contributed by atoms with E-state index in [1.807, 2.05) is 41.9 Å². The molecule has 0 radical (unpaired) electrons. The molecule has 2 aromatic rings. The molecule has 0 fully saturated rings. The Bertz CT molecular complexity index is 649. The maximum Gasteiger partial charge on any atom is 0.239 e. The van der Waals surface area contributed by atoms with Crippen molar-refractivity contribution in [1.29, 1.82) is 0 Å². The van der Waals surface area contributed by atoms with Crippen LogP contribution in [0.1, 0.15) is 25.7 Å². The van der Waals surface area contributed by atoms with E-state index in [0.717, 1.165) is 11.4 Å². The molecule has 0 spiro atoms. The highest BCUT2D eigenvalue weighted by atomic mass is 16.2. The molecule has 0 aliphatic carbocycles. The van der Waals surface area contributed by atoms with Crippen LogP contribution < -0.4 is 5.73 Å². The minimum atomic E-state index is -0.490. The molecular formula is C15H19N5O. The zero-order valence-electron chi connectivity index (χ0n) is 12.2. The van der Waals surface area contributed by atoms with Crippen molar-refractivity contribution in [2.24, 2.45) is 5.73 Å². The number of fused-ring (bicyclic) bond motifs is 1. The molecule has 1 aromatic heterocycles. The summed E-state index contributed by atoms with van der Waals surface area (Å²) in [7, 11) is 0. The fraction of sp³-hybridized carbons (Fsp3) is 0.400. The summed E-state index contributed by atoms with van der Waals surface area (Å²) in [4.78, 5) is 18.5. The average molecular weight is 285 g/mol. The van der Waals surface area contributed by atoms with Crippen LogP contribution in [-0.2, 0) is 11.3 Å². The van der Waals surface area contributed by atoms with Crippen molar-refractivity contribution in [3.8, 4) is 11.4 Å². The first-order valence-electron chi connectivity index (χ1n) is 7.14. The van der Waals surface area contributed by atoms with Crippen molar-refractivity contribution in [1.82, 2.24) is 19.7 Å². The van der Waals surface area contributed by atoms with E-state index >= 15 is 0 Å². The van der Waals surface area contributed by atoms with Gasteiger partial charge >= 0.3 is 0 Å². The molecule has 2 heterocycles. The number of aromatic nitrogens is 3. The summed E-state index contributed by atoms with van der Waals surface area (Å²) >= 11 is 0. The fourth-order valence-electron chi connectivity index (χ4n) is 2.64. The monoisotopic (exact) mass is 285 g/mol. The van der Waals surface area contributed by atoms with Crippen molar-refractivity contribution in [2.75, 3.05) is 6.54 Å². The summed E-state index contributed by atoms with van der Waals surface area (Å²) < 4.78 is 1.89. The largest absolute Gasteiger partial charge is 0.330 e. The molecule has 1 aliphatic rings. The smallest absolute Gasteiger partial charge is 0.239 e. The molecule has 6 heteroatoms. The summed E-state index contributed by atoms with van der Waals surface area (Å²) in [6.07, 6.45) is 0. The number of nitrogens with zero attached hydrogens (tertiary/aromatic N) is 4. The first-order valence-corrected chi connectivity index (χ1v) is 7.14. The van der Waals surface area contributed by atoms with Gasteiger partial charge in [0.2, 0.25) is 5.91 Å². The van der Waals surface area contributed by atoms with Crippen LogP contribution in [0.5, 0.6) is 0 Å². The van der Waals surface area contributed by atoms with Crippen LogP contribution in [0.3, 0.4) is 0 Å². The first-order chi connectivity index (χ1) is 10.1. The second-order valence-electron chi connectivity index (χ2n) is 5.38. The van der Waals surface area contributed by atoms with Crippen LogP contribution in [-0.4, -0.2) is 38.2 Å². The SMILES string of the molecule is C[C@@H](N)C(=O)N1CCn2nc(-c3ccccc3)nc2[C@@H]1C. The van der Waals surface area contributed by atoms with Crippen LogP contribution in [0, 0.1) is 0 Å². The summed E-state index contributed by atoms with van der Waals surface area (Å²) in [5, 5.41) is 4.55. The van der Waals surface area contributed by atoms with Crippen LogP contribution in [0.4, 0.5) is 0 Å². The number of carbonyl (C=O) groups is 1. The molecule has 1 aliphatic heterocycles. The topological polar surface area (TPSA) is 77.0 Å². The number of hydrogen-bond donors (Lipinski definition) is 1. The zero-order valence-corrected chi connectivity index (χ0v) is 12.2. The van der Waals surface area contributed by atoms with Gasteiger partial charge in [-0.15, -0.1) is 0 Å². The third-order valence-corrected chi connectivity index (χ3v) is 3.80. The van der Waals surface area contributed by atoms with Gasteiger partial charge in [0.1, 0.15) is 5.82 Å². The van der Waals surface area contributed by atoms with Gasteiger partial charge in [0.15, 0.2) is 5.82 Å². The minimum absolute atomic E-state index is 0.0435. The standard InChI is InChI=1S/C15H19N5O/c1-10(16)15(21)19-8-9-20-14(11(19)2)17-13(18-20)12-6-4-3-5-7-12/h3-7,10-11H,8-9,16H2,1-2H3/t10-,11+/m1/s1. The van der Waals surface area contributed by atoms with Crippen LogP contribution in [0.15, 0.2) is 30.3 Å². The summed E-state index contributed by atoms with van der Waals surface area (Å²) in [5.74, 6) is 1.47. The van der Waals surface area contributed by atoms with Crippen molar-refractivity contribution in [2.45, 2.75) is 32.5 Å². The highest BCUT2D eigenvalue weighted by Gasteiger charge is 2.31. The molecule has 3 rings (SSSR count). The molecule has 0 saturated heterocycles. The van der Waals surface area contributed by atoms with E-state index in [0.29, 0.717) is 18.9 Å². The van der Waals surface area contributed by atoms with E-state index in [2.05, 4.69) is 10.1 Å². The maximum atomic E-state index is 12.1. The van der Waals surface area contributed by atoms with Crippen molar-refractivity contribution in [3.05, 3.63) is 36.2 Å². The fourth-order valence-corrected chi connectivity index (χ4v) is 2.64. The Morgan fingerprint density at radius 2 is 2.05 bits per heavy atom. The molecule has 2 atom stereocenters. The van der Waals surface area contributed by atoms with E-state index in [1.165, 1.54) is 0 Å². The number of amides is 1. The van der Waals surface area contributed by atoms with Gasteiger partial charge in [-0.05, 0) is 13.8 Å². The Morgan fingerprint density at radius 3 is 2.71 bits per heavy atom. The lowest BCUT2D eigenvalue weighted by atomic mass is 10.1. The van der Waals surface area contributed by atoms with E-state index in [-0.39, 0.29) is 11.9 Å². The Hall–Kier alpha value is -2.21. The lowest BCUT2D eigenvalue weighted by Gasteiger charge is -2.33. The molecule has 0 saturated carbocycles. The molecule has 1 aromatic carbocycles. The molecule has 0 unspecified atom stereocenters. The van der Waals surface area contributed by atoms with Gasteiger partial charge < -0.3 is 10.6 Å². The quantitative estimate of drug-likeness (QED) is 0.899. The molecule has 21 heavy (non-hydrogen) atoms. The number of nitrogens with two attached hydrogens (primary N) is 1. The summed E-state index contributed by atoms with van der Waals surface area (Å²) in [6.45, 7) is 4.95. The Labute approximate surface area is 123 Å². The molecule has 1 amide bonds. The van der Waals surface area contributed by atoms with Gasteiger partial charge in [0.05, 0.1) is 18.6 Å². The molecular weight excluding hydrogens is 266 g/mol. The molecule has 110 valence electrons. The Balaban J connectivity index is 1.92. The minimum Gasteiger partial charge on any atom is -0.330 e. The Kier molecular flexibility index (Phi) is 3.47. The highest BCUT2D eigenvalue weighted by molar-refractivity contribution is 5.81. The second kappa shape index (κ2) is 5.29. The van der Waals surface area contributed by atoms with Gasteiger partial charge in [-0.2, -0.15) is 5.10 Å². The third kappa shape index (κ3) is 2.42.